The maximum Gasteiger partial charge on any atom is 0.407 e. The lowest BCUT2D eigenvalue weighted by atomic mass is 10.2. The molecule has 1 aromatic carbocycles. The van der Waals surface area contributed by atoms with Crippen molar-refractivity contribution in [1.29, 1.82) is 0 Å². The Bertz CT molecular complexity index is 1050. The smallest absolute Gasteiger partial charge is 0.407 e. The average molecular weight is 429 g/mol. The van der Waals surface area contributed by atoms with E-state index in [2.05, 4.69) is 15.5 Å². The van der Waals surface area contributed by atoms with E-state index in [0.717, 1.165) is 12.4 Å². The lowest BCUT2D eigenvalue weighted by Gasteiger charge is -2.21. The molecule has 1 atom stereocenters. The van der Waals surface area contributed by atoms with Crippen molar-refractivity contribution in [2.24, 2.45) is 5.92 Å². The monoisotopic (exact) mass is 429 g/mol. The molecule has 166 valence electrons. The second-order valence-corrected chi connectivity index (χ2v) is 8.79. The van der Waals surface area contributed by atoms with E-state index in [9.17, 15) is 4.79 Å². The molecule has 0 unspecified atom stereocenters. The van der Waals surface area contributed by atoms with Crippen LogP contribution in [0.5, 0.6) is 11.6 Å². The molecule has 31 heavy (non-hydrogen) atoms. The Morgan fingerprint density at radius 1 is 1.26 bits per heavy atom. The minimum absolute atomic E-state index is 0.195. The van der Waals surface area contributed by atoms with Crippen LogP contribution < -0.4 is 14.8 Å². The van der Waals surface area contributed by atoms with Crippen molar-refractivity contribution in [3.8, 4) is 23.3 Å². The lowest BCUT2D eigenvalue weighted by molar-refractivity contribution is 0.0492. The summed E-state index contributed by atoms with van der Waals surface area (Å²) in [4.78, 5) is 16.2. The molecule has 1 aliphatic rings. The summed E-state index contributed by atoms with van der Waals surface area (Å²) in [5, 5.41) is 6.58. The number of carbonyl (C=O) groups excluding carboxylic acids is 1. The first-order chi connectivity index (χ1) is 14.7. The van der Waals surface area contributed by atoms with Gasteiger partial charge in [-0.25, -0.2) is 9.78 Å². The minimum Gasteiger partial charge on any atom is -0.493 e. The van der Waals surface area contributed by atoms with Gasteiger partial charge in [0.15, 0.2) is 5.58 Å². The van der Waals surface area contributed by atoms with E-state index in [4.69, 9.17) is 23.2 Å². The SMILES string of the molecule is C[C@@H](COc1cc(-c2nc3ccc(OCC4CC4)cc3o2)on1)NC(=O)OC(C)(C)C. The predicted octanol–water partition coefficient (Wildman–Crippen LogP) is 4.56. The van der Waals surface area contributed by atoms with Gasteiger partial charge in [0.05, 0.1) is 18.7 Å². The highest BCUT2D eigenvalue weighted by molar-refractivity contribution is 5.77. The first kappa shape index (κ1) is 21.0. The molecule has 2 aromatic heterocycles. The summed E-state index contributed by atoms with van der Waals surface area (Å²) in [6, 6.07) is 6.86. The first-order valence-electron chi connectivity index (χ1n) is 10.4. The van der Waals surface area contributed by atoms with Crippen LogP contribution in [0.3, 0.4) is 0 Å². The molecule has 1 fully saturated rings. The lowest BCUT2D eigenvalue weighted by Crippen LogP contribution is -2.40. The van der Waals surface area contributed by atoms with Crippen LogP contribution in [0.15, 0.2) is 33.2 Å². The molecule has 0 spiro atoms. The molecule has 0 radical (unpaired) electrons. The second kappa shape index (κ2) is 8.49. The molecule has 0 bridgehead atoms. The van der Waals surface area contributed by atoms with Crippen LogP contribution >= 0.6 is 0 Å². The normalized spacial score (nSPS) is 15.0. The standard InChI is InChI=1S/C22H27N3O6/c1-13(23-21(26)30-22(2,3)4)11-28-19-10-18(31-25-19)20-24-16-8-7-15(9-17(16)29-20)27-12-14-5-6-14/h7-10,13-14H,5-6,11-12H2,1-4H3,(H,23,26)/t13-/m0/s1. The van der Waals surface area contributed by atoms with Gasteiger partial charge in [0, 0.05) is 6.07 Å². The van der Waals surface area contributed by atoms with E-state index in [0.29, 0.717) is 28.7 Å². The Labute approximate surface area is 180 Å². The number of nitrogens with one attached hydrogen (secondary N) is 1. The van der Waals surface area contributed by atoms with Gasteiger partial charge in [0.25, 0.3) is 11.8 Å². The molecule has 0 aliphatic heterocycles. The van der Waals surface area contributed by atoms with Crippen LogP contribution in [0.4, 0.5) is 4.79 Å². The number of oxazole rings is 1. The fourth-order valence-corrected chi connectivity index (χ4v) is 2.79. The van der Waals surface area contributed by atoms with Gasteiger partial charge in [-0.3, -0.25) is 0 Å². The Morgan fingerprint density at radius 3 is 2.81 bits per heavy atom. The highest BCUT2D eigenvalue weighted by Crippen LogP contribution is 2.31. The number of carbonyl (C=O) groups is 1. The third-order valence-corrected chi connectivity index (χ3v) is 4.49. The molecule has 1 aliphatic carbocycles. The van der Waals surface area contributed by atoms with Crippen LogP contribution in [0, 0.1) is 5.92 Å². The molecule has 9 nitrogen and oxygen atoms in total. The van der Waals surface area contributed by atoms with Crippen molar-refractivity contribution >= 4 is 17.2 Å². The number of benzene rings is 1. The number of hydrogen-bond acceptors (Lipinski definition) is 8. The zero-order valence-electron chi connectivity index (χ0n) is 18.1. The number of aromatic nitrogens is 2. The van der Waals surface area contributed by atoms with Crippen LogP contribution in [0.25, 0.3) is 22.8 Å². The fraction of sp³-hybridized carbons (Fsp3) is 0.500. The van der Waals surface area contributed by atoms with Crippen molar-refractivity contribution in [3.05, 3.63) is 24.3 Å². The van der Waals surface area contributed by atoms with Gasteiger partial charge in [0.2, 0.25) is 5.76 Å². The molecular weight excluding hydrogens is 402 g/mol. The Hall–Kier alpha value is -3.23. The molecule has 4 rings (SSSR count). The van der Waals surface area contributed by atoms with Crippen LogP contribution in [-0.2, 0) is 4.74 Å². The zero-order chi connectivity index (χ0) is 22.0. The highest BCUT2D eigenvalue weighted by Gasteiger charge is 2.22. The van der Waals surface area contributed by atoms with E-state index in [1.807, 2.05) is 18.2 Å². The van der Waals surface area contributed by atoms with Gasteiger partial charge < -0.3 is 28.5 Å². The Kier molecular flexibility index (Phi) is 5.75. The summed E-state index contributed by atoms with van der Waals surface area (Å²) in [5.41, 5.74) is 0.746. The van der Waals surface area contributed by atoms with Crippen LogP contribution in [0.1, 0.15) is 40.5 Å². The summed E-state index contributed by atoms with van der Waals surface area (Å²) in [5.74, 6) is 2.35. The van der Waals surface area contributed by atoms with Crippen molar-refractivity contribution in [2.45, 2.75) is 52.2 Å². The fourth-order valence-electron chi connectivity index (χ4n) is 2.79. The molecule has 0 saturated heterocycles. The summed E-state index contributed by atoms with van der Waals surface area (Å²) in [6.07, 6.45) is 1.97. The number of hydrogen-bond donors (Lipinski definition) is 1. The number of amides is 1. The quantitative estimate of drug-likeness (QED) is 0.555. The van der Waals surface area contributed by atoms with Crippen molar-refractivity contribution < 1.29 is 27.9 Å². The number of nitrogens with zero attached hydrogens (tertiary/aromatic N) is 2. The van der Waals surface area contributed by atoms with Gasteiger partial charge in [0.1, 0.15) is 23.5 Å². The summed E-state index contributed by atoms with van der Waals surface area (Å²) in [6.45, 7) is 8.14. The first-order valence-corrected chi connectivity index (χ1v) is 10.4. The summed E-state index contributed by atoms with van der Waals surface area (Å²) in [7, 11) is 0. The van der Waals surface area contributed by atoms with E-state index in [-0.39, 0.29) is 18.5 Å². The topological polar surface area (TPSA) is 109 Å². The van der Waals surface area contributed by atoms with Gasteiger partial charge >= 0.3 is 6.09 Å². The Morgan fingerprint density at radius 2 is 2.06 bits per heavy atom. The maximum absolute atomic E-state index is 11.8. The van der Waals surface area contributed by atoms with E-state index in [1.54, 1.807) is 33.8 Å². The van der Waals surface area contributed by atoms with Gasteiger partial charge in [-0.1, -0.05) is 0 Å². The summed E-state index contributed by atoms with van der Waals surface area (Å²) < 4.78 is 27.7. The van der Waals surface area contributed by atoms with Gasteiger partial charge in [-0.15, -0.1) is 0 Å². The largest absolute Gasteiger partial charge is 0.493 e. The maximum atomic E-state index is 11.8. The zero-order valence-corrected chi connectivity index (χ0v) is 18.1. The van der Waals surface area contributed by atoms with Crippen LogP contribution in [0.2, 0.25) is 0 Å². The molecule has 9 heteroatoms. The van der Waals surface area contributed by atoms with Crippen molar-refractivity contribution in [2.75, 3.05) is 13.2 Å². The number of fused-ring (bicyclic) bond motifs is 1. The number of alkyl carbamates (subject to hydrolysis) is 1. The van der Waals surface area contributed by atoms with E-state index < -0.39 is 11.7 Å². The molecule has 1 saturated carbocycles. The third-order valence-electron chi connectivity index (χ3n) is 4.49. The molecule has 1 amide bonds. The Balaban J connectivity index is 1.33. The van der Waals surface area contributed by atoms with Crippen molar-refractivity contribution in [1.82, 2.24) is 15.5 Å². The van der Waals surface area contributed by atoms with Gasteiger partial charge in [-0.2, -0.15) is 0 Å². The minimum atomic E-state index is -0.560. The van der Waals surface area contributed by atoms with E-state index >= 15 is 0 Å². The van der Waals surface area contributed by atoms with E-state index in [1.165, 1.54) is 12.8 Å². The average Bonchev–Trinajstić information content (AvgIpc) is 3.22. The predicted molar refractivity (Wildman–Crippen MR) is 112 cm³/mol. The molecule has 1 N–H and O–H groups in total. The molecule has 3 aromatic rings. The third kappa shape index (κ3) is 5.90. The van der Waals surface area contributed by atoms with Gasteiger partial charge in [-0.05, 0) is 63.7 Å². The molecular formula is C22H27N3O6. The highest BCUT2D eigenvalue weighted by atomic mass is 16.6. The second-order valence-electron chi connectivity index (χ2n) is 8.79. The van der Waals surface area contributed by atoms with Crippen LogP contribution in [-0.4, -0.2) is 41.1 Å². The van der Waals surface area contributed by atoms with Crippen molar-refractivity contribution in [3.63, 3.8) is 0 Å². The summed E-state index contributed by atoms with van der Waals surface area (Å²) >= 11 is 0. The number of ether oxygens (including phenoxy) is 3. The molecule has 2 heterocycles. The number of rotatable bonds is 8.